The zero-order valence-corrected chi connectivity index (χ0v) is 15.8. The summed E-state index contributed by atoms with van der Waals surface area (Å²) in [5, 5.41) is 3.35. The molecule has 0 radical (unpaired) electrons. The second-order valence-corrected chi connectivity index (χ2v) is 8.23. The number of hydrogen-bond donors (Lipinski definition) is 0. The van der Waals surface area contributed by atoms with E-state index < -0.39 is 0 Å². The number of aromatic nitrogens is 2. The lowest BCUT2D eigenvalue weighted by Crippen LogP contribution is -2.50. The largest absolute Gasteiger partial charge is 0.381 e. The van der Waals surface area contributed by atoms with Crippen LogP contribution < -0.4 is 0 Å². The minimum absolute atomic E-state index is 0.376. The lowest BCUT2D eigenvalue weighted by atomic mass is 9.88. The minimum Gasteiger partial charge on any atom is -0.381 e. The number of hydrogen-bond acceptors (Lipinski definition) is 6. The van der Waals surface area contributed by atoms with Gasteiger partial charge >= 0.3 is 0 Å². The molecule has 0 aliphatic carbocycles. The van der Waals surface area contributed by atoms with Gasteiger partial charge in [0.15, 0.2) is 0 Å². The Bertz CT molecular complexity index is 692. The third kappa shape index (κ3) is 3.77. The number of thiazole rings is 1. The van der Waals surface area contributed by atoms with Crippen LogP contribution in [0.5, 0.6) is 0 Å². The molecule has 0 spiro atoms. The summed E-state index contributed by atoms with van der Waals surface area (Å²) in [6.45, 7) is 7.35. The number of methoxy groups -OCH3 is 1. The van der Waals surface area contributed by atoms with E-state index in [-0.39, 0.29) is 0 Å². The monoisotopic (exact) mass is 358 g/mol. The van der Waals surface area contributed by atoms with E-state index >= 15 is 0 Å². The van der Waals surface area contributed by atoms with Crippen molar-refractivity contribution in [1.29, 1.82) is 0 Å². The van der Waals surface area contributed by atoms with Crippen molar-refractivity contribution < 1.29 is 4.74 Å². The van der Waals surface area contributed by atoms with E-state index in [0.717, 1.165) is 44.2 Å². The summed E-state index contributed by atoms with van der Waals surface area (Å²) in [5.74, 6) is 0.584. The molecule has 4 rings (SSSR count). The van der Waals surface area contributed by atoms with Crippen molar-refractivity contribution in [2.75, 3.05) is 26.7 Å². The van der Waals surface area contributed by atoms with Crippen LogP contribution in [0.3, 0.4) is 0 Å². The third-order valence-corrected chi connectivity index (χ3v) is 6.37. The van der Waals surface area contributed by atoms with Gasteiger partial charge in [-0.3, -0.25) is 14.8 Å². The van der Waals surface area contributed by atoms with E-state index in [9.17, 15) is 0 Å². The van der Waals surface area contributed by atoms with Gasteiger partial charge in [0.2, 0.25) is 0 Å². The second kappa shape index (κ2) is 7.50. The van der Waals surface area contributed by atoms with Gasteiger partial charge in [0, 0.05) is 69.6 Å². The lowest BCUT2D eigenvalue weighted by molar-refractivity contribution is -0.0245. The van der Waals surface area contributed by atoms with E-state index in [0.29, 0.717) is 18.1 Å². The van der Waals surface area contributed by atoms with Crippen molar-refractivity contribution >= 4 is 11.3 Å². The van der Waals surface area contributed by atoms with Gasteiger partial charge < -0.3 is 4.74 Å². The summed E-state index contributed by atoms with van der Waals surface area (Å²) >= 11 is 1.74. The standard InChI is InChI=1S/C19H26N4OS/c1-14-21-16(13-25-14)10-22-11-17-18(12-22)23(8-5-19(17)24-2)9-15-3-6-20-7-4-15/h3-4,6-7,13,17-19H,5,8-12H2,1-2H3/t17-,18+,19-/m0/s1. The molecule has 2 saturated heterocycles. The normalized spacial score (nSPS) is 27.5. The predicted molar refractivity (Wildman–Crippen MR) is 99.5 cm³/mol. The fourth-order valence-corrected chi connectivity index (χ4v) is 4.97. The maximum Gasteiger partial charge on any atom is 0.0897 e. The SMILES string of the molecule is CO[C@H]1CCN(Cc2ccncc2)[C@@H]2CN(Cc3csc(C)n3)C[C@H]12. The van der Waals surface area contributed by atoms with E-state index in [1.165, 1.54) is 11.3 Å². The molecular formula is C19H26N4OS. The molecule has 25 heavy (non-hydrogen) atoms. The highest BCUT2D eigenvalue weighted by Gasteiger charge is 2.44. The molecule has 0 bridgehead atoms. The fraction of sp³-hybridized carbons (Fsp3) is 0.579. The van der Waals surface area contributed by atoms with Crippen LogP contribution in [0.1, 0.15) is 22.7 Å². The molecule has 5 nitrogen and oxygen atoms in total. The Labute approximate surface area is 153 Å². The van der Waals surface area contributed by atoms with Crippen molar-refractivity contribution in [2.24, 2.45) is 5.92 Å². The molecule has 0 saturated carbocycles. The molecule has 2 aromatic heterocycles. The van der Waals surface area contributed by atoms with E-state index in [1.807, 2.05) is 19.5 Å². The van der Waals surface area contributed by atoms with Gasteiger partial charge in [-0.1, -0.05) is 0 Å². The molecule has 3 atom stereocenters. The molecule has 0 N–H and O–H groups in total. The first-order valence-electron chi connectivity index (χ1n) is 9.02. The first-order chi connectivity index (χ1) is 12.2. The van der Waals surface area contributed by atoms with Gasteiger partial charge in [-0.05, 0) is 31.0 Å². The maximum absolute atomic E-state index is 5.83. The molecule has 4 heterocycles. The molecular weight excluding hydrogens is 332 g/mol. The van der Waals surface area contributed by atoms with Crippen LogP contribution in [0.25, 0.3) is 0 Å². The summed E-state index contributed by atoms with van der Waals surface area (Å²) in [7, 11) is 1.87. The Hall–Kier alpha value is -1.34. The number of likely N-dealkylation sites (tertiary alicyclic amines) is 2. The Morgan fingerprint density at radius 2 is 2.08 bits per heavy atom. The smallest absolute Gasteiger partial charge is 0.0897 e. The van der Waals surface area contributed by atoms with Crippen molar-refractivity contribution in [3.05, 3.63) is 46.2 Å². The Balaban J connectivity index is 1.47. The zero-order valence-electron chi connectivity index (χ0n) is 15.0. The molecule has 0 unspecified atom stereocenters. The number of nitrogens with zero attached hydrogens (tertiary/aromatic N) is 4. The topological polar surface area (TPSA) is 41.5 Å². The average Bonchev–Trinajstić information content (AvgIpc) is 3.23. The summed E-state index contributed by atoms with van der Waals surface area (Å²) in [6, 6.07) is 4.82. The highest BCUT2D eigenvalue weighted by molar-refractivity contribution is 7.09. The van der Waals surface area contributed by atoms with E-state index in [1.54, 1.807) is 11.3 Å². The first-order valence-corrected chi connectivity index (χ1v) is 9.90. The van der Waals surface area contributed by atoms with E-state index in [2.05, 4.69) is 44.2 Å². The third-order valence-electron chi connectivity index (χ3n) is 5.55. The molecule has 134 valence electrons. The molecule has 2 fully saturated rings. The summed E-state index contributed by atoms with van der Waals surface area (Å²) < 4.78 is 5.83. The molecule has 2 aromatic rings. The number of piperidine rings is 1. The van der Waals surface area contributed by atoms with Crippen LogP contribution in [0.15, 0.2) is 29.9 Å². The van der Waals surface area contributed by atoms with Crippen molar-refractivity contribution in [3.8, 4) is 0 Å². The maximum atomic E-state index is 5.83. The lowest BCUT2D eigenvalue weighted by Gasteiger charge is -2.41. The Morgan fingerprint density at radius 1 is 1.24 bits per heavy atom. The fourth-order valence-electron chi connectivity index (χ4n) is 4.37. The Morgan fingerprint density at radius 3 is 2.80 bits per heavy atom. The number of aryl methyl sites for hydroxylation is 1. The first kappa shape index (κ1) is 17.1. The molecule has 2 aliphatic heterocycles. The highest BCUT2D eigenvalue weighted by atomic mass is 32.1. The number of pyridine rings is 1. The van der Waals surface area contributed by atoms with Gasteiger partial charge in [0.1, 0.15) is 0 Å². The zero-order chi connectivity index (χ0) is 17.2. The summed E-state index contributed by atoms with van der Waals surface area (Å²) in [4.78, 5) is 14.0. The van der Waals surface area contributed by atoms with Crippen molar-refractivity contribution in [3.63, 3.8) is 0 Å². The van der Waals surface area contributed by atoms with Crippen LogP contribution in [-0.2, 0) is 17.8 Å². The van der Waals surface area contributed by atoms with Crippen molar-refractivity contribution in [2.45, 2.75) is 38.6 Å². The molecule has 2 aliphatic rings. The van der Waals surface area contributed by atoms with Gasteiger partial charge in [-0.2, -0.15) is 0 Å². The highest BCUT2D eigenvalue weighted by Crippen LogP contribution is 2.34. The van der Waals surface area contributed by atoms with Crippen LogP contribution in [0.4, 0.5) is 0 Å². The number of ether oxygens (including phenoxy) is 1. The van der Waals surface area contributed by atoms with Crippen LogP contribution in [0, 0.1) is 12.8 Å². The Kier molecular flexibility index (Phi) is 5.12. The van der Waals surface area contributed by atoms with Gasteiger partial charge in [0.25, 0.3) is 0 Å². The second-order valence-electron chi connectivity index (χ2n) is 7.17. The number of fused-ring (bicyclic) bond motifs is 1. The van der Waals surface area contributed by atoms with Crippen LogP contribution in [0.2, 0.25) is 0 Å². The van der Waals surface area contributed by atoms with Crippen molar-refractivity contribution in [1.82, 2.24) is 19.8 Å². The summed E-state index contributed by atoms with van der Waals surface area (Å²) in [6.07, 6.45) is 5.27. The quantitative estimate of drug-likeness (QED) is 0.822. The van der Waals surface area contributed by atoms with Gasteiger partial charge in [-0.25, -0.2) is 4.98 Å². The number of rotatable bonds is 5. The molecule has 6 heteroatoms. The molecule has 0 amide bonds. The predicted octanol–water partition coefficient (Wildman–Crippen LogP) is 2.57. The van der Waals surface area contributed by atoms with Crippen LogP contribution >= 0.6 is 11.3 Å². The molecule has 0 aromatic carbocycles. The van der Waals surface area contributed by atoms with Gasteiger partial charge in [0.05, 0.1) is 16.8 Å². The van der Waals surface area contributed by atoms with E-state index in [4.69, 9.17) is 4.74 Å². The summed E-state index contributed by atoms with van der Waals surface area (Å²) in [5.41, 5.74) is 2.55. The minimum atomic E-state index is 0.376. The van der Waals surface area contributed by atoms with Crippen LogP contribution in [-0.4, -0.2) is 58.7 Å². The average molecular weight is 359 g/mol. The van der Waals surface area contributed by atoms with Gasteiger partial charge in [-0.15, -0.1) is 11.3 Å².